The Balaban J connectivity index is 1.43. The van der Waals surface area contributed by atoms with Crippen LogP contribution in [0.3, 0.4) is 0 Å². The summed E-state index contributed by atoms with van der Waals surface area (Å²) in [5, 5.41) is 6.85. The average Bonchev–Trinajstić information content (AvgIpc) is 3.42. The van der Waals surface area contributed by atoms with Crippen molar-refractivity contribution in [1.29, 1.82) is 0 Å². The Morgan fingerprint density at radius 2 is 1.96 bits per heavy atom. The largest absolute Gasteiger partial charge is 0.468 e. The van der Waals surface area contributed by atoms with E-state index in [0.717, 1.165) is 24.4 Å². The van der Waals surface area contributed by atoms with E-state index in [-0.39, 0.29) is 17.6 Å². The first-order valence-electron chi connectivity index (χ1n) is 8.97. The zero-order valence-electron chi connectivity index (χ0n) is 14.8. The molecule has 1 saturated heterocycles. The topological polar surface area (TPSA) is 80.7 Å². The van der Waals surface area contributed by atoms with Crippen LogP contribution in [0, 0.1) is 0 Å². The Kier molecular flexibility index (Phi) is 5.32. The molecule has 0 unspecified atom stereocenters. The fraction of sp³-hybridized carbons (Fsp3) is 0.300. The van der Waals surface area contributed by atoms with Gasteiger partial charge in [-0.3, -0.25) is 9.69 Å². The maximum Gasteiger partial charge on any atom is 0.273 e. The molecule has 1 aromatic carbocycles. The molecule has 0 aliphatic carbocycles. The minimum atomic E-state index is -0.272. The third-order valence-corrected chi connectivity index (χ3v) is 4.62. The van der Waals surface area contributed by atoms with Crippen molar-refractivity contribution in [1.82, 2.24) is 15.4 Å². The minimum absolute atomic E-state index is 0.0478. The van der Waals surface area contributed by atoms with E-state index in [2.05, 4.69) is 15.4 Å². The third-order valence-electron chi connectivity index (χ3n) is 4.62. The molecule has 1 fully saturated rings. The number of furan rings is 1. The van der Waals surface area contributed by atoms with Gasteiger partial charge in [0.25, 0.3) is 5.91 Å². The summed E-state index contributed by atoms with van der Waals surface area (Å²) in [6, 6.07) is 15.0. The number of hydrogen-bond donors (Lipinski definition) is 1. The number of ether oxygens (including phenoxy) is 1. The molecule has 0 radical (unpaired) electrons. The highest BCUT2D eigenvalue weighted by Crippen LogP contribution is 2.22. The molecular formula is C20H21N3O4. The lowest BCUT2D eigenvalue weighted by atomic mass is 10.1. The van der Waals surface area contributed by atoms with Crippen molar-refractivity contribution >= 4 is 5.91 Å². The lowest BCUT2D eigenvalue weighted by molar-refractivity contribution is 0.0118. The molecule has 27 heavy (non-hydrogen) atoms. The zero-order valence-corrected chi connectivity index (χ0v) is 14.8. The Labute approximate surface area is 156 Å². The van der Waals surface area contributed by atoms with Crippen LogP contribution in [-0.4, -0.2) is 48.8 Å². The van der Waals surface area contributed by atoms with Crippen molar-refractivity contribution in [2.45, 2.75) is 6.04 Å². The summed E-state index contributed by atoms with van der Waals surface area (Å²) >= 11 is 0. The van der Waals surface area contributed by atoms with Crippen LogP contribution < -0.4 is 5.32 Å². The van der Waals surface area contributed by atoms with Crippen LogP contribution in [-0.2, 0) is 4.74 Å². The van der Waals surface area contributed by atoms with Gasteiger partial charge in [0.1, 0.15) is 5.76 Å². The predicted octanol–water partition coefficient (Wildman–Crippen LogP) is 2.74. The molecule has 4 rings (SSSR count). The lowest BCUT2D eigenvalue weighted by Gasteiger charge is -2.33. The first-order valence-corrected chi connectivity index (χ1v) is 8.97. The normalized spacial score (nSPS) is 16.1. The smallest absolute Gasteiger partial charge is 0.273 e. The van der Waals surface area contributed by atoms with E-state index in [1.807, 2.05) is 42.5 Å². The number of carbonyl (C=O) groups is 1. The van der Waals surface area contributed by atoms with E-state index >= 15 is 0 Å². The summed E-state index contributed by atoms with van der Waals surface area (Å²) in [4.78, 5) is 14.8. The van der Waals surface area contributed by atoms with Gasteiger partial charge in [-0.25, -0.2) is 0 Å². The molecule has 140 valence electrons. The van der Waals surface area contributed by atoms with E-state index < -0.39 is 0 Å². The summed E-state index contributed by atoms with van der Waals surface area (Å²) in [6.45, 7) is 3.36. The van der Waals surface area contributed by atoms with Crippen molar-refractivity contribution in [3.8, 4) is 11.3 Å². The number of amides is 1. The summed E-state index contributed by atoms with van der Waals surface area (Å²) < 4.78 is 16.3. The van der Waals surface area contributed by atoms with Gasteiger partial charge < -0.3 is 19.0 Å². The molecule has 7 nitrogen and oxygen atoms in total. The molecule has 1 aliphatic heterocycles. The fourth-order valence-electron chi connectivity index (χ4n) is 3.18. The average molecular weight is 367 g/mol. The molecule has 7 heteroatoms. The van der Waals surface area contributed by atoms with Gasteiger partial charge in [-0.05, 0) is 12.1 Å². The lowest BCUT2D eigenvalue weighted by Crippen LogP contribution is -2.43. The highest BCUT2D eigenvalue weighted by atomic mass is 16.5. The second-order valence-electron chi connectivity index (χ2n) is 6.33. The summed E-state index contributed by atoms with van der Waals surface area (Å²) in [5.74, 6) is 1.12. The van der Waals surface area contributed by atoms with Crippen LogP contribution in [0.4, 0.5) is 0 Å². The van der Waals surface area contributed by atoms with Crippen molar-refractivity contribution < 1.29 is 18.5 Å². The van der Waals surface area contributed by atoms with Crippen molar-refractivity contribution in [2.24, 2.45) is 0 Å². The Morgan fingerprint density at radius 1 is 1.15 bits per heavy atom. The van der Waals surface area contributed by atoms with E-state index in [1.54, 1.807) is 12.3 Å². The van der Waals surface area contributed by atoms with Gasteiger partial charge in [0.05, 0.1) is 25.5 Å². The van der Waals surface area contributed by atoms with Crippen LogP contribution >= 0.6 is 0 Å². The highest BCUT2D eigenvalue weighted by molar-refractivity contribution is 5.93. The number of carbonyl (C=O) groups excluding carboxylic acids is 1. The fourth-order valence-corrected chi connectivity index (χ4v) is 3.18. The number of benzene rings is 1. The highest BCUT2D eigenvalue weighted by Gasteiger charge is 2.26. The molecule has 3 aromatic rings. The maximum atomic E-state index is 12.5. The number of rotatable bonds is 6. The molecule has 2 aromatic heterocycles. The van der Waals surface area contributed by atoms with E-state index in [4.69, 9.17) is 13.7 Å². The molecule has 1 amide bonds. The summed E-state index contributed by atoms with van der Waals surface area (Å²) in [6.07, 6.45) is 1.65. The molecule has 1 N–H and O–H groups in total. The molecule has 3 heterocycles. The van der Waals surface area contributed by atoms with Crippen molar-refractivity contribution in [3.05, 3.63) is 66.2 Å². The van der Waals surface area contributed by atoms with Gasteiger partial charge in [-0.2, -0.15) is 0 Å². The number of aromatic nitrogens is 1. The Hall–Kier alpha value is -2.90. The quantitative estimate of drug-likeness (QED) is 0.722. The van der Waals surface area contributed by atoms with Gasteiger partial charge >= 0.3 is 0 Å². The SMILES string of the molecule is O=C(NC[C@H](c1ccco1)N1CCOCC1)c1cc(-c2ccccc2)on1. The number of morpholine rings is 1. The molecule has 1 atom stereocenters. The number of hydrogen-bond acceptors (Lipinski definition) is 6. The van der Waals surface area contributed by atoms with Crippen LogP contribution in [0.15, 0.2) is 63.7 Å². The predicted molar refractivity (Wildman–Crippen MR) is 98.1 cm³/mol. The van der Waals surface area contributed by atoms with E-state index in [1.165, 1.54) is 0 Å². The standard InChI is InChI=1S/C20H21N3O4/c24-20(16-13-19(27-22-16)15-5-2-1-3-6-15)21-14-17(18-7-4-10-26-18)23-8-11-25-12-9-23/h1-7,10,13,17H,8-9,11-12,14H2,(H,21,24)/t17-/m1/s1. The summed E-state index contributed by atoms with van der Waals surface area (Å²) in [7, 11) is 0. The number of nitrogens with zero attached hydrogens (tertiary/aromatic N) is 2. The summed E-state index contributed by atoms with van der Waals surface area (Å²) in [5.41, 5.74) is 1.14. The monoisotopic (exact) mass is 367 g/mol. The third kappa shape index (κ3) is 4.10. The van der Waals surface area contributed by atoms with Crippen molar-refractivity contribution in [3.63, 3.8) is 0 Å². The van der Waals surface area contributed by atoms with Crippen LogP contribution in [0.25, 0.3) is 11.3 Å². The van der Waals surface area contributed by atoms with Crippen molar-refractivity contribution in [2.75, 3.05) is 32.8 Å². The maximum absolute atomic E-state index is 12.5. The van der Waals surface area contributed by atoms with Gasteiger partial charge in [0, 0.05) is 31.3 Å². The molecule has 0 spiro atoms. The van der Waals surface area contributed by atoms with Gasteiger partial charge in [0.2, 0.25) is 0 Å². The first-order chi connectivity index (χ1) is 13.3. The van der Waals surface area contributed by atoms with Gasteiger partial charge in [-0.15, -0.1) is 0 Å². The molecule has 1 aliphatic rings. The Bertz CT molecular complexity index is 855. The van der Waals surface area contributed by atoms with Crippen LogP contribution in [0.2, 0.25) is 0 Å². The van der Waals surface area contributed by atoms with Gasteiger partial charge in [-0.1, -0.05) is 35.5 Å². The van der Waals surface area contributed by atoms with Gasteiger partial charge in [0.15, 0.2) is 11.5 Å². The Morgan fingerprint density at radius 3 is 2.70 bits per heavy atom. The second kappa shape index (κ2) is 8.20. The van der Waals surface area contributed by atoms with E-state index in [0.29, 0.717) is 25.5 Å². The first kappa shape index (κ1) is 17.5. The van der Waals surface area contributed by atoms with Crippen LogP contribution in [0.1, 0.15) is 22.3 Å². The van der Waals surface area contributed by atoms with Crippen LogP contribution in [0.5, 0.6) is 0 Å². The molecule has 0 bridgehead atoms. The zero-order chi connectivity index (χ0) is 18.5. The number of nitrogens with one attached hydrogen (secondary N) is 1. The molecular weight excluding hydrogens is 346 g/mol. The van der Waals surface area contributed by atoms with E-state index in [9.17, 15) is 4.79 Å². The molecule has 0 saturated carbocycles. The minimum Gasteiger partial charge on any atom is -0.468 e. The second-order valence-corrected chi connectivity index (χ2v) is 6.33.